The molecule has 2 heteroatoms. The molecular weight excluding hydrogens is 232 g/mol. The minimum Gasteiger partial charge on any atom is -0.384 e. The lowest BCUT2D eigenvalue weighted by molar-refractivity contribution is 0.192. The maximum Gasteiger partial charge on any atom is 0.0376 e. The van der Waals surface area contributed by atoms with E-state index >= 15 is 0 Å². The third kappa shape index (κ3) is 3.73. The van der Waals surface area contributed by atoms with Crippen molar-refractivity contribution in [2.75, 3.05) is 25.0 Å². The summed E-state index contributed by atoms with van der Waals surface area (Å²) in [6.45, 7) is 12.7. The quantitative estimate of drug-likeness (QED) is 0.833. The first-order valence-electron chi connectivity index (χ1n) is 7.64. The van der Waals surface area contributed by atoms with Crippen LogP contribution in [0.15, 0.2) is 24.3 Å². The molecule has 0 saturated carbocycles. The van der Waals surface area contributed by atoms with Gasteiger partial charge >= 0.3 is 0 Å². The molecule has 0 spiro atoms. The van der Waals surface area contributed by atoms with Gasteiger partial charge in [-0.1, -0.05) is 32.0 Å². The van der Waals surface area contributed by atoms with Crippen molar-refractivity contribution in [2.45, 2.75) is 46.1 Å². The van der Waals surface area contributed by atoms with Crippen molar-refractivity contribution >= 4 is 5.69 Å². The zero-order chi connectivity index (χ0) is 13.8. The van der Waals surface area contributed by atoms with Crippen LogP contribution in [0.2, 0.25) is 0 Å². The molecule has 1 aromatic rings. The lowest BCUT2D eigenvalue weighted by atomic mass is 9.97. The van der Waals surface area contributed by atoms with E-state index in [4.69, 9.17) is 0 Å². The Morgan fingerprint density at radius 2 is 1.95 bits per heavy atom. The van der Waals surface area contributed by atoms with Crippen LogP contribution in [0.5, 0.6) is 0 Å². The molecule has 1 aliphatic heterocycles. The molecule has 2 nitrogen and oxygen atoms in total. The van der Waals surface area contributed by atoms with Crippen LogP contribution in [0.1, 0.15) is 45.6 Å². The van der Waals surface area contributed by atoms with Crippen LogP contribution in [0.25, 0.3) is 0 Å². The van der Waals surface area contributed by atoms with Crippen molar-refractivity contribution < 1.29 is 0 Å². The molecule has 0 fully saturated rings. The van der Waals surface area contributed by atoms with E-state index in [1.54, 1.807) is 0 Å². The van der Waals surface area contributed by atoms with Crippen LogP contribution in [0.3, 0.4) is 0 Å². The number of nitrogens with zero attached hydrogens (tertiary/aromatic N) is 1. The molecule has 0 radical (unpaired) electrons. The number of anilines is 1. The van der Waals surface area contributed by atoms with Crippen molar-refractivity contribution in [1.82, 2.24) is 4.90 Å². The summed E-state index contributed by atoms with van der Waals surface area (Å²) >= 11 is 0. The van der Waals surface area contributed by atoms with Gasteiger partial charge in [0.25, 0.3) is 0 Å². The lowest BCUT2D eigenvalue weighted by Crippen LogP contribution is -2.35. The highest BCUT2D eigenvalue weighted by atomic mass is 15.1. The molecule has 0 saturated heterocycles. The molecule has 0 amide bonds. The van der Waals surface area contributed by atoms with Crippen LogP contribution < -0.4 is 5.32 Å². The summed E-state index contributed by atoms with van der Waals surface area (Å²) in [5, 5.41) is 3.53. The summed E-state index contributed by atoms with van der Waals surface area (Å²) in [4.78, 5) is 2.62. The van der Waals surface area contributed by atoms with E-state index in [0.717, 1.165) is 12.5 Å². The number of hydrogen-bond acceptors (Lipinski definition) is 2. The molecular formula is C17H28N2. The van der Waals surface area contributed by atoms with Gasteiger partial charge in [-0.15, -0.1) is 0 Å². The molecule has 1 aromatic carbocycles. The molecule has 2 rings (SSSR count). The largest absolute Gasteiger partial charge is 0.384 e. The summed E-state index contributed by atoms with van der Waals surface area (Å²) in [5.41, 5.74) is 2.85. The van der Waals surface area contributed by atoms with E-state index in [9.17, 15) is 0 Å². The normalized spacial score (nSPS) is 18.2. The fraction of sp³-hybridized carbons (Fsp3) is 0.647. The second kappa shape index (κ2) is 6.42. The number of hydrogen-bond donors (Lipinski definition) is 1. The van der Waals surface area contributed by atoms with Crippen molar-refractivity contribution in [3.05, 3.63) is 29.8 Å². The number of benzene rings is 1. The molecule has 1 unspecified atom stereocenters. The minimum absolute atomic E-state index is 0.645. The zero-order valence-corrected chi connectivity index (χ0v) is 12.8. The van der Waals surface area contributed by atoms with E-state index in [1.807, 2.05) is 0 Å². The Morgan fingerprint density at radius 3 is 2.63 bits per heavy atom. The summed E-state index contributed by atoms with van der Waals surface area (Å²) < 4.78 is 0. The number of rotatable bonds is 6. The van der Waals surface area contributed by atoms with Crippen molar-refractivity contribution in [3.8, 4) is 0 Å². The Hall–Kier alpha value is -1.02. The van der Waals surface area contributed by atoms with E-state index in [0.29, 0.717) is 12.0 Å². The number of para-hydroxylation sites is 1. The van der Waals surface area contributed by atoms with Crippen LogP contribution in [0.4, 0.5) is 5.69 Å². The van der Waals surface area contributed by atoms with Gasteiger partial charge in [0.05, 0.1) is 0 Å². The van der Waals surface area contributed by atoms with Gasteiger partial charge in [0.15, 0.2) is 0 Å². The molecule has 0 aliphatic carbocycles. The van der Waals surface area contributed by atoms with E-state index in [-0.39, 0.29) is 0 Å². The Bertz CT molecular complexity index is 398. The third-order valence-electron chi connectivity index (χ3n) is 4.03. The van der Waals surface area contributed by atoms with Crippen molar-refractivity contribution in [1.29, 1.82) is 0 Å². The predicted molar refractivity (Wildman–Crippen MR) is 83.8 cm³/mol. The van der Waals surface area contributed by atoms with Gasteiger partial charge in [-0.05, 0) is 44.4 Å². The van der Waals surface area contributed by atoms with E-state index in [2.05, 4.69) is 62.2 Å². The molecule has 1 atom stereocenters. The Labute approximate surface area is 118 Å². The molecule has 0 bridgehead atoms. The molecule has 1 aliphatic rings. The lowest BCUT2D eigenvalue weighted by Gasteiger charge is -2.29. The number of nitrogens with one attached hydrogen (secondary N) is 1. The Morgan fingerprint density at radius 1 is 1.21 bits per heavy atom. The highest BCUT2D eigenvalue weighted by Crippen LogP contribution is 2.33. The molecule has 1 N–H and O–H groups in total. The Balaban J connectivity index is 1.92. The second-order valence-corrected chi connectivity index (χ2v) is 6.44. The molecule has 1 heterocycles. The van der Waals surface area contributed by atoms with Gasteiger partial charge < -0.3 is 10.2 Å². The second-order valence-electron chi connectivity index (χ2n) is 6.44. The average molecular weight is 260 g/mol. The van der Waals surface area contributed by atoms with Gasteiger partial charge in [-0.2, -0.15) is 0 Å². The topological polar surface area (TPSA) is 15.3 Å². The number of fused-ring (bicyclic) bond motifs is 1. The van der Waals surface area contributed by atoms with Gasteiger partial charge in [0, 0.05) is 30.7 Å². The first-order chi connectivity index (χ1) is 9.08. The summed E-state index contributed by atoms with van der Waals surface area (Å²) in [6.07, 6.45) is 1.26. The summed E-state index contributed by atoms with van der Waals surface area (Å²) in [6, 6.07) is 9.40. The van der Waals surface area contributed by atoms with Crippen LogP contribution in [-0.2, 0) is 0 Å². The van der Waals surface area contributed by atoms with Gasteiger partial charge in [-0.3, -0.25) is 0 Å². The SMILES string of the molecule is CC(C)CN(CCC1CNc2ccccc21)C(C)C. The van der Waals surface area contributed by atoms with E-state index < -0.39 is 0 Å². The summed E-state index contributed by atoms with van der Waals surface area (Å²) in [5.74, 6) is 1.43. The van der Waals surface area contributed by atoms with E-state index in [1.165, 1.54) is 30.8 Å². The predicted octanol–water partition coefficient (Wildman–Crippen LogP) is 3.95. The fourth-order valence-electron chi connectivity index (χ4n) is 2.97. The van der Waals surface area contributed by atoms with Crippen molar-refractivity contribution in [2.24, 2.45) is 5.92 Å². The maximum atomic E-state index is 3.53. The third-order valence-corrected chi connectivity index (χ3v) is 4.03. The minimum atomic E-state index is 0.645. The molecule has 19 heavy (non-hydrogen) atoms. The van der Waals surface area contributed by atoms with Crippen LogP contribution in [-0.4, -0.2) is 30.6 Å². The van der Waals surface area contributed by atoms with Crippen LogP contribution >= 0.6 is 0 Å². The van der Waals surface area contributed by atoms with Crippen LogP contribution in [0, 0.1) is 5.92 Å². The zero-order valence-electron chi connectivity index (χ0n) is 12.8. The monoisotopic (exact) mass is 260 g/mol. The van der Waals surface area contributed by atoms with Gasteiger partial charge in [-0.25, -0.2) is 0 Å². The van der Waals surface area contributed by atoms with Gasteiger partial charge in [0.2, 0.25) is 0 Å². The molecule has 0 aromatic heterocycles. The highest BCUT2D eigenvalue weighted by Gasteiger charge is 2.22. The first-order valence-corrected chi connectivity index (χ1v) is 7.64. The maximum absolute atomic E-state index is 3.53. The average Bonchev–Trinajstić information content (AvgIpc) is 2.77. The van der Waals surface area contributed by atoms with Gasteiger partial charge in [0.1, 0.15) is 0 Å². The Kier molecular flexibility index (Phi) is 4.87. The standard InChI is InChI=1S/C17H28N2/c1-13(2)12-19(14(3)4)10-9-15-11-18-17-8-6-5-7-16(15)17/h5-8,13-15,18H,9-12H2,1-4H3. The first kappa shape index (κ1) is 14.4. The van der Waals surface area contributed by atoms with Crippen molar-refractivity contribution in [3.63, 3.8) is 0 Å². The highest BCUT2D eigenvalue weighted by molar-refractivity contribution is 5.57. The smallest absolute Gasteiger partial charge is 0.0376 e. The fourth-order valence-corrected chi connectivity index (χ4v) is 2.97. The summed E-state index contributed by atoms with van der Waals surface area (Å²) in [7, 11) is 0. The molecule has 106 valence electrons.